The molecule has 0 saturated carbocycles. The number of amides is 2. The van der Waals surface area contributed by atoms with Crippen LogP contribution in [0.15, 0.2) is 24.3 Å². The molecule has 1 aromatic rings. The van der Waals surface area contributed by atoms with Gasteiger partial charge in [0.2, 0.25) is 11.8 Å². The molecule has 2 amide bonds. The van der Waals surface area contributed by atoms with Crippen molar-refractivity contribution in [2.75, 3.05) is 19.7 Å². The highest BCUT2D eigenvalue weighted by atomic mass is 16.5. The largest absolute Gasteiger partial charge is 0.494 e. The molecule has 144 valence electrons. The second kappa shape index (κ2) is 8.56. The second-order valence-electron chi connectivity index (χ2n) is 8.05. The normalized spacial score (nSPS) is 16.9. The maximum atomic E-state index is 12.6. The third-order valence-corrected chi connectivity index (χ3v) is 4.84. The molecule has 1 fully saturated rings. The number of nitrogens with one attached hydrogen (secondary N) is 1. The van der Waals surface area contributed by atoms with Gasteiger partial charge in [0.05, 0.1) is 12.6 Å². The Hall–Kier alpha value is -2.04. The predicted molar refractivity (Wildman–Crippen MR) is 103 cm³/mol. The molecule has 0 spiro atoms. The summed E-state index contributed by atoms with van der Waals surface area (Å²) in [4.78, 5) is 26.8. The maximum Gasteiger partial charge on any atom is 0.227 e. The van der Waals surface area contributed by atoms with E-state index < -0.39 is 0 Å². The summed E-state index contributed by atoms with van der Waals surface area (Å²) in [6.45, 7) is 11.7. The van der Waals surface area contributed by atoms with Crippen LogP contribution in [0.1, 0.15) is 59.1 Å². The van der Waals surface area contributed by atoms with Crippen LogP contribution in [0.2, 0.25) is 0 Å². The number of hydrogen-bond donors (Lipinski definition) is 1. The zero-order valence-electron chi connectivity index (χ0n) is 16.7. The van der Waals surface area contributed by atoms with Crippen LogP contribution in [0, 0.1) is 11.3 Å². The predicted octanol–water partition coefficient (Wildman–Crippen LogP) is 3.55. The minimum atomic E-state index is -0.364. The molecule has 1 aromatic carbocycles. The molecule has 0 aliphatic carbocycles. The van der Waals surface area contributed by atoms with Gasteiger partial charge in [-0.2, -0.15) is 0 Å². The molecule has 5 heteroatoms. The Labute approximate surface area is 157 Å². The minimum Gasteiger partial charge on any atom is -0.494 e. The van der Waals surface area contributed by atoms with E-state index in [0.29, 0.717) is 19.7 Å². The van der Waals surface area contributed by atoms with E-state index in [-0.39, 0.29) is 29.2 Å². The first-order valence-electron chi connectivity index (χ1n) is 9.55. The molecule has 26 heavy (non-hydrogen) atoms. The highest BCUT2D eigenvalue weighted by molar-refractivity contribution is 5.82. The summed E-state index contributed by atoms with van der Waals surface area (Å²) in [6, 6.07) is 7.78. The number of benzene rings is 1. The number of ether oxygens (including phenoxy) is 1. The van der Waals surface area contributed by atoms with Crippen molar-refractivity contribution in [3.63, 3.8) is 0 Å². The number of hydrogen-bond acceptors (Lipinski definition) is 3. The minimum absolute atomic E-state index is 0.0239. The standard InChI is InChI=1S/C21H32N2O3/c1-6-26-18-9-7-16(8-10-18)15(2)22-19(24)17-11-13-23(14-12-17)20(25)21(3,4)5/h7-10,15,17H,6,11-14H2,1-5H3,(H,22,24). The molecule has 1 saturated heterocycles. The summed E-state index contributed by atoms with van der Waals surface area (Å²) in [5.74, 6) is 1.06. The van der Waals surface area contributed by atoms with Crippen molar-refractivity contribution in [2.45, 2.75) is 53.5 Å². The molecule has 1 unspecified atom stereocenters. The van der Waals surface area contributed by atoms with Crippen LogP contribution in [0.3, 0.4) is 0 Å². The molecule has 1 N–H and O–H groups in total. The SMILES string of the molecule is CCOc1ccc(C(C)NC(=O)C2CCN(C(=O)C(C)(C)C)CC2)cc1. The highest BCUT2D eigenvalue weighted by Gasteiger charge is 2.32. The first kappa shape index (κ1) is 20.3. The van der Waals surface area contributed by atoms with Crippen LogP contribution in [0.25, 0.3) is 0 Å². The fraction of sp³-hybridized carbons (Fsp3) is 0.619. The Morgan fingerprint density at radius 2 is 1.77 bits per heavy atom. The second-order valence-corrected chi connectivity index (χ2v) is 8.05. The van der Waals surface area contributed by atoms with Gasteiger partial charge in [0.1, 0.15) is 5.75 Å². The quantitative estimate of drug-likeness (QED) is 0.874. The molecule has 1 atom stereocenters. The molecular formula is C21H32N2O3. The first-order valence-corrected chi connectivity index (χ1v) is 9.55. The molecule has 1 aliphatic rings. The van der Waals surface area contributed by atoms with E-state index in [0.717, 1.165) is 24.2 Å². The fourth-order valence-corrected chi connectivity index (χ4v) is 3.25. The molecule has 1 aliphatic heterocycles. The van der Waals surface area contributed by atoms with Gasteiger partial charge >= 0.3 is 0 Å². The average molecular weight is 360 g/mol. The molecule has 5 nitrogen and oxygen atoms in total. The van der Waals surface area contributed by atoms with Crippen molar-refractivity contribution < 1.29 is 14.3 Å². The Morgan fingerprint density at radius 3 is 2.27 bits per heavy atom. The molecule has 1 heterocycles. The lowest BCUT2D eigenvalue weighted by Crippen LogP contribution is -2.46. The van der Waals surface area contributed by atoms with Crippen molar-refractivity contribution in [1.82, 2.24) is 10.2 Å². The number of carbonyl (C=O) groups is 2. The van der Waals surface area contributed by atoms with Crippen LogP contribution in [-0.2, 0) is 9.59 Å². The van der Waals surface area contributed by atoms with E-state index in [1.54, 1.807) is 0 Å². The Morgan fingerprint density at radius 1 is 1.19 bits per heavy atom. The van der Waals surface area contributed by atoms with Gasteiger partial charge in [-0.05, 0) is 44.4 Å². The van der Waals surface area contributed by atoms with Gasteiger partial charge in [0, 0.05) is 24.4 Å². The number of likely N-dealkylation sites (tertiary alicyclic amines) is 1. The first-order chi connectivity index (χ1) is 12.2. The van der Waals surface area contributed by atoms with Crippen LogP contribution in [-0.4, -0.2) is 36.4 Å². The average Bonchev–Trinajstić information content (AvgIpc) is 2.61. The molecular weight excluding hydrogens is 328 g/mol. The van der Waals surface area contributed by atoms with E-state index in [9.17, 15) is 9.59 Å². The number of rotatable bonds is 5. The molecule has 0 bridgehead atoms. The third-order valence-electron chi connectivity index (χ3n) is 4.84. The van der Waals surface area contributed by atoms with Gasteiger partial charge in [0.15, 0.2) is 0 Å². The Bertz CT molecular complexity index is 611. The lowest BCUT2D eigenvalue weighted by atomic mass is 9.90. The Balaban J connectivity index is 1.85. The summed E-state index contributed by atoms with van der Waals surface area (Å²) in [5, 5.41) is 3.11. The summed E-state index contributed by atoms with van der Waals surface area (Å²) < 4.78 is 5.45. The van der Waals surface area contributed by atoms with Crippen LogP contribution >= 0.6 is 0 Å². The van der Waals surface area contributed by atoms with Crippen LogP contribution in [0.5, 0.6) is 5.75 Å². The van der Waals surface area contributed by atoms with E-state index >= 15 is 0 Å². The van der Waals surface area contributed by atoms with Crippen molar-refractivity contribution in [3.05, 3.63) is 29.8 Å². The van der Waals surface area contributed by atoms with Crippen molar-refractivity contribution >= 4 is 11.8 Å². The number of piperidine rings is 1. The maximum absolute atomic E-state index is 12.6. The van der Waals surface area contributed by atoms with Gasteiger partial charge in [-0.3, -0.25) is 9.59 Å². The lowest BCUT2D eigenvalue weighted by Gasteiger charge is -2.35. The van der Waals surface area contributed by atoms with Gasteiger partial charge in [-0.1, -0.05) is 32.9 Å². The van der Waals surface area contributed by atoms with Gasteiger partial charge in [-0.15, -0.1) is 0 Å². The van der Waals surface area contributed by atoms with Crippen molar-refractivity contribution in [1.29, 1.82) is 0 Å². The lowest BCUT2D eigenvalue weighted by molar-refractivity contribution is -0.142. The summed E-state index contributed by atoms with van der Waals surface area (Å²) >= 11 is 0. The van der Waals surface area contributed by atoms with E-state index in [4.69, 9.17) is 4.74 Å². The molecule has 0 aromatic heterocycles. The zero-order valence-corrected chi connectivity index (χ0v) is 16.7. The Kier molecular flexibility index (Phi) is 6.68. The summed E-state index contributed by atoms with van der Waals surface area (Å²) in [7, 11) is 0. The van der Waals surface area contributed by atoms with Gasteiger partial charge in [0.25, 0.3) is 0 Å². The molecule has 0 radical (unpaired) electrons. The van der Waals surface area contributed by atoms with E-state index in [1.165, 1.54) is 0 Å². The smallest absolute Gasteiger partial charge is 0.227 e. The number of carbonyl (C=O) groups excluding carboxylic acids is 2. The third kappa shape index (κ3) is 5.23. The van der Waals surface area contributed by atoms with Crippen LogP contribution < -0.4 is 10.1 Å². The summed E-state index contributed by atoms with van der Waals surface area (Å²) in [5.41, 5.74) is 0.694. The van der Waals surface area contributed by atoms with Crippen molar-refractivity contribution in [2.24, 2.45) is 11.3 Å². The highest BCUT2D eigenvalue weighted by Crippen LogP contribution is 2.25. The van der Waals surface area contributed by atoms with Gasteiger partial charge in [-0.25, -0.2) is 0 Å². The van der Waals surface area contributed by atoms with E-state index in [2.05, 4.69) is 5.32 Å². The monoisotopic (exact) mass is 360 g/mol. The van der Waals surface area contributed by atoms with E-state index in [1.807, 2.05) is 63.8 Å². The topological polar surface area (TPSA) is 58.6 Å². The van der Waals surface area contributed by atoms with Gasteiger partial charge < -0.3 is 15.0 Å². The zero-order chi connectivity index (χ0) is 19.3. The van der Waals surface area contributed by atoms with Crippen LogP contribution in [0.4, 0.5) is 0 Å². The molecule has 2 rings (SSSR count). The number of nitrogens with zero attached hydrogens (tertiary/aromatic N) is 1. The summed E-state index contributed by atoms with van der Waals surface area (Å²) in [6.07, 6.45) is 1.45. The fourth-order valence-electron chi connectivity index (χ4n) is 3.25. The van der Waals surface area contributed by atoms with Crippen molar-refractivity contribution in [3.8, 4) is 5.75 Å².